The topological polar surface area (TPSA) is 95.9 Å². The summed E-state index contributed by atoms with van der Waals surface area (Å²) in [6.45, 7) is 4.98. The molecule has 2 atom stereocenters. The van der Waals surface area contributed by atoms with Gasteiger partial charge in [-0.3, -0.25) is 9.59 Å². The molecule has 6 nitrogen and oxygen atoms in total. The van der Waals surface area contributed by atoms with Gasteiger partial charge in [0.2, 0.25) is 5.91 Å². The molecule has 6 heteroatoms. The minimum Gasteiger partial charge on any atom is -0.466 e. The summed E-state index contributed by atoms with van der Waals surface area (Å²) in [4.78, 5) is 24.6. The highest BCUT2D eigenvalue weighted by molar-refractivity contribution is 5.76. The zero-order chi connectivity index (χ0) is 50.0. The molecule has 1 amide bonds. The van der Waals surface area contributed by atoms with E-state index in [9.17, 15) is 19.8 Å². The van der Waals surface area contributed by atoms with Gasteiger partial charge >= 0.3 is 5.97 Å². The van der Waals surface area contributed by atoms with E-state index in [1.807, 2.05) is 0 Å². The van der Waals surface area contributed by atoms with Gasteiger partial charge in [-0.2, -0.15) is 0 Å². The Kier molecular flexibility index (Phi) is 58.4. The molecule has 0 aromatic carbocycles. The first kappa shape index (κ1) is 67.9. The first-order chi connectivity index (χ1) is 34.0. The fraction of sp³-hybridized carbons (Fsp3) is 0.968. The minimum atomic E-state index is -0.669. The van der Waals surface area contributed by atoms with E-state index in [-0.39, 0.29) is 18.5 Å². The third kappa shape index (κ3) is 56.0. The van der Waals surface area contributed by atoms with E-state index in [2.05, 4.69) is 19.2 Å². The number of aliphatic hydroxyl groups is 2. The summed E-state index contributed by atoms with van der Waals surface area (Å²) in [5.74, 6) is -0.0322. The Morgan fingerprint density at radius 2 is 0.594 bits per heavy atom. The van der Waals surface area contributed by atoms with Crippen LogP contribution >= 0.6 is 0 Å². The van der Waals surface area contributed by atoms with Crippen LogP contribution in [0.2, 0.25) is 0 Å². The molecule has 0 heterocycles. The third-order valence-corrected chi connectivity index (χ3v) is 15.2. The second kappa shape index (κ2) is 59.4. The number of unbranched alkanes of at least 4 members (excludes halogenated alkanes) is 49. The van der Waals surface area contributed by atoms with Crippen LogP contribution in [0.3, 0.4) is 0 Å². The number of hydrogen-bond donors (Lipinski definition) is 3. The largest absolute Gasteiger partial charge is 0.466 e. The number of aliphatic hydroxyl groups excluding tert-OH is 2. The number of carbonyl (C=O) groups is 2. The molecule has 0 aromatic heterocycles. The van der Waals surface area contributed by atoms with E-state index in [0.29, 0.717) is 25.9 Å². The summed E-state index contributed by atoms with van der Waals surface area (Å²) in [7, 11) is 0. The van der Waals surface area contributed by atoms with Crippen molar-refractivity contribution in [3.63, 3.8) is 0 Å². The van der Waals surface area contributed by atoms with Gasteiger partial charge in [0.1, 0.15) is 0 Å². The first-order valence-corrected chi connectivity index (χ1v) is 31.8. The van der Waals surface area contributed by atoms with E-state index >= 15 is 0 Å². The highest BCUT2D eigenvalue weighted by Gasteiger charge is 2.20. The SMILES string of the molecule is CCCCCCCCCCCCCCCCCCCCCC(O)C(CO)NC(=O)CCCCCCCCCCCCCCCCCOC(=O)CCCCCCCCCCCCCCCCCCCC. The summed E-state index contributed by atoms with van der Waals surface area (Å²) < 4.78 is 5.50. The Hall–Kier alpha value is -1.14. The summed E-state index contributed by atoms with van der Waals surface area (Å²) in [6.07, 6.45) is 69.6. The highest BCUT2D eigenvalue weighted by atomic mass is 16.5. The van der Waals surface area contributed by atoms with Gasteiger partial charge in [-0.15, -0.1) is 0 Å². The van der Waals surface area contributed by atoms with Crippen molar-refractivity contribution in [2.75, 3.05) is 13.2 Å². The molecule has 0 aliphatic heterocycles. The maximum atomic E-state index is 12.5. The molecule has 2 unspecified atom stereocenters. The van der Waals surface area contributed by atoms with Crippen LogP contribution in [-0.4, -0.2) is 47.4 Å². The van der Waals surface area contributed by atoms with Gasteiger partial charge in [-0.05, 0) is 25.7 Å². The van der Waals surface area contributed by atoms with Crippen molar-refractivity contribution in [3.05, 3.63) is 0 Å². The summed E-state index contributed by atoms with van der Waals surface area (Å²) in [5.41, 5.74) is 0. The van der Waals surface area contributed by atoms with Crippen molar-refractivity contribution < 1.29 is 24.5 Å². The lowest BCUT2D eigenvalue weighted by Gasteiger charge is -2.22. The van der Waals surface area contributed by atoms with Gasteiger partial charge in [0.05, 0.1) is 25.4 Å². The molecule has 0 rings (SSSR count). The smallest absolute Gasteiger partial charge is 0.305 e. The number of nitrogens with one attached hydrogen (secondary N) is 1. The molecular formula is C63H125NO5. The van der Waals surface area contributed by atoms with Gasteiger partial charge in [0.15, 0.2) is 0 Å². The average Bonchev–Trinajstić information content (AvgIpc) is 3.35. The second-order valence-corrected chi connectivity index (χ2v) is 22.1. The molecule has 412 valence electrons. The molecule has 0 radical (unpaired) electrons. The van der Waals surface area contributed by atoms with Crippen LogP contribution in [0, 0.1) is 0 Å². The molecule has 0 aromatic rings. The molecule has 0 saturated carbocycles. The van der Waals surface area contributed by atoms with Crippen LogP contribution in [0.15, 0.2) is 0 Å². The minimum absolute atomic E-state index is 0.00657. The lowest BCUT2D eigenvalue weighted by molar-refractivity contribution is -0.143. The van der Waals surface area contributed by atoms with Gasteiger partial charge in [-0.1, -0.05) is 328 Å². The second-order valence-electron chi connectivity index (χ2n) is 22.1. The maximum Gasteiger partial charge on any atom is 0.305 e. The average molecular weight is 977 g/mol. The Morgan fingerprint density at radius 3 is 0.884 bits per heavy atom. The molecule has 0 aliphatic rings. The van der Waals surface area contributed by atoms with Crippen LogP contribution in [0.5, 0.6) is 0 Å². The molecule has 0 saturated heterocycles. The molecule has 0 spiro atoms. The molecule has 0 fully saturated rings. The quantitative estimate of drug-likeness (QED) is 0.0417. The standard InChI is InChI=1S/C63H125NO5/c1-3-5-7-9-11-13-15-17-19-21-23-24-27-31-35-39-43-47-51-55-61(66)60(59-65)64-62(67)56-52-48-44-40-36-32-28-26-30-34-38-42-46-50-54-58-69-63(68)57-53-49-45-41-37-33-29-25-22-20-18-16-14-12-10-8-6-4-2/h60-61,65-66H,3-59H2,1-2H3,(H,64,67). The van der Waals surface area contributed by atoms with Gasteiger partial charge < -0.3 is 20.3 Å². The number of amides is 1. The van der Waals surface area contributed by atoms with E-state index < -0.39 is 12.1 Å². The number of esters is 1. The van der Waals surface area contributed by atoms with Gasteiger partial charge in [0, 0.05) is 12.8 Å². The molecule has 69 heavy (non-hydrogen) atoms. The van der Waals surface area contributed by atoms with Crippen LogP contribution in [-0.2, 0) is 14.3 Å². The monoisotopic (exact) mass is 976 g/mol. The van der Waals surface area contributed by atoms with Crippen molar-refractivity contribution in [2.24, 2.45) is 0 Å². The van der Waals surface area contributed by atoms with E-state index in [4.69, 9.17) is 4.74 Å². The Labute approximate surface area is 432 Å². The van der Waals surface area contributed by atoms with Crippen LogP contribution in [0.25, 0.3) is 0 Å². The van der Waals surface area contributed by atoms with E-state index in [0.717, 1.165) is 44.9 Å². The first-order valence-electron chi connectivity index (χ1n) is 31.8. The zero-order valence-corrected chi connectivity index (χ0v) is 47.1. The number of carbonyl (C=O) groups excluding carboxylic acids is 2. The maximum absolute atomic E-state index is 12.5. The predicted octanol–water partition coefficient (Wildman–Crippen LogP) is 19.9. The predicted molar refractivity (Wildman–Crippen MR) is 301 cm³/mol. The summed E-state index contributed by atoms with van der Waals surface area (Å²) >= 11 is 0. The third-order valence-electron chi connectivity index (χ3n) is 15.2. The highest BCUT2D eigenvalue weighted by Crippen LogP contribution is 2.19. The normalized spacial score (nSPS) is 12.5. The van der Waals surface area contributed by atoms with Gasteiger partial charge in [0.25, 0.3) is 0 Å². The molecule has 0 bridgehead atoms. The fourth-order valence-electron chi connectivity index (χ4n) is 10.3. The summed E-state index contributed by atoms with van der Waals surface area (Å²) in [6, 6.07) is -0.547. The number of ether oxygens (including phenoxy) is 1. The Balaban J connectivity index is 3.39. The lowest BCUT2D eigenvalue weighted by Crippen LogP contribution is -2.45. The van der Waals surface area contributed by atoms with E-state index in [1.165, 1.54) is 289 Å². The zero-order valence-electron chi connectivity index (χ0n) is 47.1. The molecular weight excluding hydrogens is 851 g/mol. The van der Waals surface area contributed by atoms with Crippen molar-refractivity contribution in [1.29, 1.82) is 0 Å². The molecule has 3 N–H and O–H groups in total. The van der Waals surface area contributed by atoms with Crippen molar-refractivity contribution in [3.8, 4) is 0 Å². The van der Waals surface area contributed by atoms with Crippen molar-refractivity contribution in [1.82, 2.24) is 5.32 Å². The molecule has 0 aliphatic carbocycles. The lowest BCUT2D eigenvalue weighted by atomic mass is 10.0. The van der Waals surface area contributed by atoms with Gasteiger partial charge in [-0.25, -0.2) is 0 Å². The van der Waals surface area contributed by atoms with Crippen LogP contribution in [0.1, 0.15) is 367 Å². The number of rotatable bonds is 60. The van der Waals surface area contributed by atoms with Crippen molar-refractivity contribution in [2.45, 2.75) is 379 Å². The van der Waals surface area contributed by atoms with Crippen LogP contribution < -0.4 is 5.32 Å². The van der Waals surface area contributed by atoms with Crippen molar-refractivity contribution >= 4 is 11.9 Å². The summed E-state index contributed by atoms with van der Waals surface area (Å²) in [5, 5.41) is 23.4. The Morgan fingerprint density at radius 1 is 0.348 bits per heavy atom. The van der Waals surface area contributed by atoms with E-state index in [1.54, 1.807) is 0 Å². The Bertz CT molecular complexity index is 990. The van der Waals surface area contributed by atoms with Crippen LogP contribution in [0.4, 0.5) is 0 Å². The number of hydrogen-bond acceptors (Lipinski definition) is 5. The fourth-order valence-corrected chi connectivity index (χ4v) is 10.3.